The molecule has 1 fully saturated rings. The van der Waals surface area contributed by atoms with Gasteiger partial charge in [-0.25, -0.2) is 8.78 Å². The van der Waals surface area contributed by atoms with Gasteiger partial charge in [-0.1, -0.05) is 5.16 Å². The van der Waals surface area contributed by atoms with Crippen molar-refractivity contribution in [1.82, 2.24) is 15.5 Å². The quantitative estimate of drug-likeness (QED) is 0.945. The number of aromatic nitrogens is 2. The number of rotatable bonds is 3. The number of benzene rings is 1. The molecule has 1 aromatic carbocycles. The molecule has 4 nitrogen and oxygen atoms in total. The van der Waals surface area contributed by atoms with E-state index in [-0.39, 0.29) is 11.5 Å². The molecule has 0 radical (unpaired) electrons. The Hall–Kier alpha value is -1.82. The van der Waals surface area contributed by atoms with Gasteiger partial charge in [-0.05, 0) is 50.4 Å². The monoisotopic (exact) mass is 293 g/mol. The SMILES string of the molecule is Cc1cc(-c2nc(CC3CCCNC3)no2)c(F)cc1F. The minimum Gasteiger partial charge on any atom is -0.334 e. The summed E-state index contributed by atoms with van der Waals surface area (Å²) in [5, 5.41) is 7.23. The summed E-state index contributed by atoms with van der Waals surface area (Å²) in [6.45, 7) is 3.56. The highest BCUT2D eigenvalue weighted by atomic mass is 19.1. The van der Waals surface area contributed by atoms with E-state index in [1.54, 1.807) is 6.92 Å². The van der Waals surface area contributed by atoms with Gasteiger partial charge >= 0.3 is 0 Å². The van der Waals surface area contributed by atoms with Gasteiger partial charge in [-0.2, -0.15) is 4.98 Å². The van der Waals surface area contributed by atoms with Crippen molar-refractivity contribution in [2.24, 2.45) is 5.92 Å². The molecule has 21 heavy (non-hydrogen) atoms. The average Bonchev–Trinajstić information content (AvgIpc) is 2.92. The molecule has 0 saturated carbocycles. The first-order chi connectivity index (χ1) is 10.1. The van der Waals surface area contributed by atoms with Crippen LogP contribution >= 0.6 is 0 Å². The molecule has 1 unspecified atom stereocenters. The zero-order chi connectivity index (χ0) is 14.8. The van der Waals surface area contributed by atoms with E-state index in [9.17, 15) is 8.78 Å². The Balaban J connectivity index is 1.79. The number of aryl methyl sites for hydroxylation is 1. The highest BCUT2D eigenvalue weighted by molar-refractivity contribution is 5.55. The highest BCUT2D eigenvalue weighted by Crippen LogP contribution is 2.25. The van der Waals surface area contributed by atoms with E-state index in [0.717, 1.165) is 32.0 Å². The van der Waals surface area contributed by atoms with Crippen molar-refractivity contribution in [3.05, 3.63) is 35.2 Å². The predicted octanol–water partition coefficient (Wildman–Crippen LogP) is 2.87. The fourth-order valence-electron chi connectivity index (χ4n) is 2.62. The topological polar surface area (TPSA) is 51.0 Å². The fourth-order valence-corrected chi connectivity index (χ4v) is 2.62. The standard InChI is InChI=1S/C15H17F2N3O/c1-9-5-11(13(17)7-12(9)16)15-19-14(20-21-15)6-10-3-2-4-18-8-10/h5,7,10,18H,2-4,6,8H2,1H3. The molecule has 0 spiro atoms. The summed E-state index contributed by atoms with van der Waals surface area (Å²) in [4.78, 5) is 4.24. The van der Waals surface area contributed by atoms with Gasteiger partial charge in [-0.3, -0.25) is 0 Å². The molecule has 0 aliphatic carbocycles. The second-order valence-electron chi connectivity index (χ2n) is 5.51. The number of hydrogen-bond donors (Lipinski definition) is 1. The van der Waals surface area contributed by atoms with Crippen LogP contribution in [0.25, 0.3) is 11.5 Å². The van der Waals surface area contributed by atoms with Crippen LogP contribution in [-0.4, -0.2) is 23.2 Å². The van der Waals surface area contributed by atoms with Crippen molar-refractivity contribution in [3.8, 4) is 11.5 Å². The van der Waals surface area contributed by atoms with Crippen LogP contribution in [0.4, 0.5) is 8.78 Å². The molecular weight excluding hydrogens is 276 g/mol. The molecule has 1 aliphatic heterocycles. The van der Waals surface area contributed by atoms with Crippen molar-refractivity contribution in [2.75, 3.05) is 13.1 Å². The number of nitrogens with zero attached hydrogens (tertiary/aromatic N) is 2. The lowest BCUT2D eigenvalue weighted by Gasteiger charge is -2.20. The third-order valence-electron chi connectivity index (χ3n) is 3.82. The Morgan fingerprint density at radius 2 is 2.19 bits per heavy atom. The molecule has 1 aromatic heterocycles. The van der Waals surface area contributed by atoms with E-state index >= 15 is 0 Å². The number of hydrogen-bond acceptors (Lipinski definition) is 4. The summed E-state index contributed by atoms with van der Waals surface area (Å²) in [5.74, 6) is -0.115. The number of piperidine rings is 1. The molecule has 6 heteroatoms. The molecule has 2 heterocycles. The van der Waals surface area contributed by atoms with Crippen LogP contribution in [0, 0.1) is 24.5 Å². The summed E-state index contributed by atoms with van der Waals surface area (Å²) in [6, 6.07) is 2.24. The van der Waals surface area contributed by atoms with Crippen molar-refractivity contribution < 1.29 is 13.3 Å². The molecular formula is C15H17F2N3O. The van der Waals surface area contributed by atoms with E-state index in [1.165, 1.54) is 6.07 Å². The number of halogens is 2. The van der Waals surface area contributed by atoms with Crippen molar-refractivity contribution in [3.63, 3.8) is 0 Å². The molecule has 1 N–H and O–H groups in total. The minimum absolute atomic E-state index is 0.106. The highest BCUT2D eigenvalue weighted by Gasteiger charge is 2.19. The second-order valence-corrected chi connectivity index (χ2v) is 5.51. The van der Waals surface area contributed by atoms with Crippen LogP contribution in [-0.2, 0) is 6.42 Å². The predicted molar refractivity (Wildman–Crippen MR) is 73.7 cm³/mol. The van der Waals surface area contributed by atoms with Crippen LogP contribution in [0.3, 0.4) is 0 Å². The third kappa shape index (κ3) is 3.10. The van der Waals surface area contributed by atoms with Gasteiger partial charge in [0.1, 0.15) is 11.6 Å². The van der Waals surface area contributed by atoms with Crippen LogP contribution in [0.5, 0.6) is 0 Å². The van der Waals surface area contributed by atoms with Crippen molar-refractivity contribution >= 4 is 0 Å². The Morgan fingerprint density at radius 1 is 1.33 bits per heavy atom. The van der Waals surface area contributed by atoms with E-state index < -0.39 is 11.6 Å². The summed E-state index contributed by atoms with van der Waals surface area (Å²) >= 11 is 0. The van der Waals surface area contributed by atoms with E-state index in [0.29, 0.717) is 23.7 Å². The van der Waals surface area contributed by atoms with E-state index in [1.807, 2.05) is 0 Å². The molecule has 1 saturated heterocycles. The van der Waals surface area contributed by atoms with Crippen LogP contribution < -0.4 is 5.32 Å². The largest absolute Gasteiger partial charge is 0.334 e. The minimum atomic E-state index is -0.687. The summed E-state index contributed by atoms with van der Waals surface area (Å²) in [7, 11) is 0. The first-order valence-electron chi connectivity index (χ1n) is 7.13. The molecule has 1 aliphatic rings. The lowest BCUT2D eigenvalue weighted by Crippen LogP contribution is -2.31. The van der Waals surface area contributed by atoms with Crippen LogP contribution in [0.2, 0.25) is 0 Å². The average molecular weight is 293 g/mol. The van der Waals surface area contributed by atoms with Crippen molar-refractivity contribution in [2.45, 2.75) is 26.2 Å². The smallest absolute Gasteiger partial charge is 0.260 e. The van der Waals surface area contributed by atoms with E-state index in [2.05, 4.69) is 15.5 Å². The van der Waals surface area contributed by atoms with Gasteiger partial charge in [0.15, 0.2) is 5.82 Å². The molecule has 1 atom stereocenters. The normalized spacial score (nSPS) is 18.9. The van der Waals surface area contributed by atoms with Gasteiger partial charge in [0.2, 0.25) is 0 Å². The zero-order valence-electron chi connectivity index (χ0n) is 11.8. The maximum absolute atomic E-state index is 13.8. The molecule has 2 aromatic rings. The van der Waals surface area contributed by atoms with Crippen molar-refractivity contribution in [1.29, 1.82) is 0 Å². The Bertz CT molecular complexity index is 636. The van der Waals surface area contributed by atoms with Crippen LogP contribution in [0.15, 0.2) is 16.7 Å². The van der Waals surface area contributed by atoms with Gasteiger partial charge in [0.25, 0.3) is 5.89 Å². The van der Waals surface area contributed by atoms with E-state index in [4.69, 9.17) is 4.52 Å². The Kier molecular flexibility index (Phi) is 3.96. The lowest BCUT2D eigenvalue weighted by atomic mass is 9.96. The first kappa shape index (κ1) is 14.1. The summed E-state index contributed by atoms with van der Waals surface area (Å²) < 4.78 is 32.2. The maximum Gasteiger partial charge on any atom is 0.260 e. The Morgan fingerprint density at radius 3 is 2.95 bits per heavy atom. The lowest BCUT2D eigenvalue weighted by molar-refractivity contribution is 0.359. The third-order valence-corrected chi connectivity index (χ3v) is 3.82. The van der Waals surface area contributed by atoms with Gasteiger partial charge in [0, 0.05) is 12.5 Å². The molecule has 112 valence electrons. The summed E-state index contributed by atoms with van der Waals surface area (Å²) in [6.07, 6.45) is 2.97. The zero-order valence-corrected chi connectivity index (χ0v) is 11.8. The molecule has 3 rings (SSSR count). The molecule has 0 bridgehead atoms. The second kappa shape index (κ2) is 5.89. The van der Waals surface area contributed by atoms with Gasteiger partial charge in [-0.15, -0.1) is 0 Å². The van der Waals surface area contributed by atoms with Crippen LogP contribution in [0.1, 0.15) is 24.2 Å². The van der Waals surface area contributed by atoms with Gasteiger partial charge < -0.3 is 9.84 Å². The Labute approximate surface area is 121 Å². The number of nitrogens with one attached hydrogen (secondary N) is 1. The van der Waals surface area contributed by atoms with Gasteiger partial charge in [0.05, 0.1) is 5.56 Å². The maximum atomic E-state index is 13.8. The fraction of sp³-hybridized carbons (Fsp3) is 0.467. The summed E-state index contributed by atoms with van der Waals surface area (Å²) in [5.41, 5.74) is 0.497. The first-order valence-corrected chi connectivity index (χ1v) is 7.13. The molecule has 0 amide bonds.